The Bertz CT molecular complexity index is 601. The Morgan fingerprint density at radius 3 is 2.35 bits per heavy atom. The van der Waals surface area contributed by atoms with Crippen molar-refractivity contribution < 1.29 is 9.47 Å². The van der Waals surface area contributed by atoms with Gasteiger partial charge in [0.25, 0.3) is 0 Å². The number of rotatable bonds is 2. The molecule has 0 radical (unpaired) electrons. The van der Waals surface area contributed by atoms with Crippen molar-refractivity contribution >= 4 is 11.6 Å². The van der Waals surface area contributed by atoms with Gasteiger partial charge >= 0.3 is 0 Å². The zero-order valence-corrected chi connectivity index (χ0v) is 11.8. The van der Waals surface area contributed by atoms with E-state index in [2.05, 4.69) is 0 Å². The minimum absolute atomic E-state index is 0.277. The maximum absolute atomic E-state index is 6.34. The summed E-state index contributed by atoms with van der Waals surface area (Å²) in [6, 6.07) is 13.3. The molecule has 0 fully saturated rings. The third-order valence-corrected chi connectivity index (χ3v) is 3.69. The Morgan fingerprint density at radius 2 is 1.65 bits per heavy atom. The quantitative estimate of drug-likeness (QED) is 0.919. The summed E-state index contributed by atoms with van der Waals surface area (Å²) in [7, 11) is 0. The smallest absolute Gasteiger partial charge is 0.162 e. The first kappa shape index (κ1) is 13.3. The zero-order chi connectivity index (χ0) is 13.9. The van der Waals surface area contributed by atoms with Crippen LogP contribution in [-0.2, 0) is 0 Å². The van der Waals surface area contributed by atoms with Gasteiger partial charge in [-0.05, 0) is 17.2 Å². The van der Waals surface area contributed by atoms with Gasteiger partial charge in [-0.3, -0.25) is 0 Å². The van der Waals surface area contributed by atoms with E-state index in [4.69, 9.17) is 26.8 Å². The second-order valence-corrected chi connectivity index (χ2v) is 5.17. The van der Waals surface area contributed by atoms with E-state index in [9.17, 15) is 0 Å². The van der Waals surface area contributed by atoms with Gasteiger partial charge in [-0.25, -0.2) is 0 Å². The normalized spacial score (nSPS) is 15.5. The van der Waals surface area contributed by atoms with Crippen molar-refractivity contribution in [2.75, 3.05) is 13.2 Å². The zero-order valence-electron chi connectivity index (χ0n) is 11.0. The number of hydrogen-bond donors (Lipinski definition) is 1. The molecule has 2 aromatic rings. The van der Waals surface area contributed by atoms with E-state index in [0.717, 1.165) is 17.5 Å². The van der Waals surface area contributed by atoms with Gasteiger partial charge in [0.2, 0.25) is 0 Å². The van der Waals surface area contributed by atoms with Crippen LogP contribution in [0.25, 0.3) is 0 Å². The number of fused-ring (bicyclic) bond motifs is 1. The molecule has 0 aliphatic carbocycles. The fraction of sp³-hybridized carbons (Fsp3) is 0.250. The molecule has 0 amide bonds. The molecule has 1 atom stereocenters. The van der Waals surface area contributed by atoms with E-state index >= 15 is 0 Å². The summed E-state index contributed by atoms with van der Waals surface area (Å²) in [5.74, 6) is 1.41. The number of benzene rings is 2. The highest BCUT2D eigenvalue weighted by molar-refractivity contribution is 6.31. The van der Waals surface area contributed by atoms with E-state index in [1.54, 1.807) is 6.07 Å². The summed E-state index contributed by atoms with van der Waals surface area (Å²) in [4.78, 5) is 0. The van der Waals surface area contributed by atoms with Crippen LogP contribution < -0.4 is 15.2 Å². The molecule has 4 heteroatoms. The van der Waals surface area contributed by atoms with Gasteiger partial charge in [0.1, 0.15) is 0 Å². The summed E-state index contributed by atoms with van der Waals surface area (Å²) in [5.41, 5.74) is 8.18. The minimum atomic E-state index is -0.277. The average molecular weight is 290 g/mol. The second-order valence-electron chi connectivity index (χ2n) is 4.76. The maximum atomic E-state index is 6.34. The van der Waals surface area contributed by atoms with E-state index in [1.165, 1.54) is 0 Å². The molecule has 0 saturated carbocycles. The van der Waals surface area contributed by atoms with Crippen molar-refractivity contribution in [3.63, 3.8) is 0 Å². The molecule has 0 bridgehead atoms. The first-order chi connectivity index (χ1) is 9.75. The summed E-state index contributed by atoms with van der Waals surface area (Å²) in [6.45, 7) is 1.29. The van der Waals surface area contributed by atoms with Crippen LogP contribution in [0.1, 0.15) is 23.6 Å². The monoisotopic (exact) mass is 289 g/mol. The lowest BCUT2D eigenvalue weighted by Gasteiger charge is -2.17. The second kappa shape index (κ2) is 5.73. The van der Waals surface area contributed by atoms with Gasteiger partial charge in [-0.2, -0.15) is 0 Å². The van der Waals surface area contributed by atoms with Gasteiger partial charge in [0, 0.05) is 17.5 Å². The summed E-state index contributed by atoms with van der Waals surface area (Å²) in [5, 5.41) is 0.602. The molecule has 1 heterocycles. The Labute approximate surface area is 123 Å². The standard InChI is InChI=1S/C16H16ClNO2/c17-13-10-15-14(19-7-4-8-20-15)9-12(13)16(18)11-5-2-1-3-6-11/h1-3,5-6,9-10,16H,4,7-8,18H2. The SMILES string of the molecule is NC(c1ccccc1)c1cc2c(cc1Cl)OCCCO2. The van der Waals surface area contributed by atoms with E-state index in [1.807, 2.05) is 36.4 Å². The Balaban J connectivity index is 1.99. The van der Waals surface area contributed by atoms with Crippen molar-refractivity contribution in [3.05, 3.63) is 58.6 Å². The molecule has 3 nitrogen and oxygen atoms in total. The minimum Gasteiger partial charge on any atom is -0.490 e. The lowest BCUT2D eigenvalue weighted by Crippen LogP contribution is -2.12. The third-order valence-electron chi connectivity index (χ3n) is 3.36. The summed E-state index contributed by atoms with van der Waals surface area (Å²) >= 11 is 6.34. The molecule has 0 saturated heterocycles. The van der Waals surface area contributed by atoms with Gasteiger partial charge in [-0.1, -0.05) is 41.9 Å². The van der Waals surface area contributed by atoms with Gasteiger partial charge in [0.15, 0.2) is 11.5 Å². The van der Waals surface area contributed by atoms with Crippen LogP contribution in [0.5, 0.6) is 11.5 Å². The van der Waals surface area contributed by atoms with E-state index in [0.29, 0.717) is 29.7 Å². The number of halogens is 1. The first-order valence-corrected chi connectivity index (χ1v) is 7.03. The molecule has 1 aliphatic heterocycles. The highest BCUT2D eigenvalue weighted by Crippen LogP contribution is 2.38. The van der Waals surface area contributed by atoms with Crippen molar-refractivity contribution in [1.29, 1.82) is 0 Å². The largest absolute Gasteiger partial charge is 0.490 e. The molecule has 3 rings (SSSR count). The van der Waals surface area contributed by atoms with Gasteiger partial charge in [0.05, 0.1) is 19.3 Å². The van der Waals surface area contributed by atoms with Crippen molar-refractivity contribution in [2.45, 2.75) is 12.5 Å². The molecule has 2 aromatic carbocycles. The van der Waals surface area contributed by atoms with Crippen LogP contribution in [0.3, 0.4) is 0 Å². The lowest BCUT2D eigenvalue weighted by molar-refractivity contribution is 0.297. The summed E-state index contributed by atoms with van der Waals surface area (Å²) in [6.07, 6.45) is 0.867. The van der Waals surface area contributed by atoms with Crippen molar-refractivity contribution in [1.82, 2.24) is 0 Å². The molecule has 104 valence electrons. The van der Waals surface area contributed by atoms with E-state index in [-0.39, 0.29) is 6.04 Å². The number of nitrogens with two attached hydrogens (primary N) is 1. The highest BCUT2D eigenvalue weighted by atomic mass is 35.5. The van der Waals surface area contributed by atoms with Crippen molar-refractivity contribution in [3.8, 4) is 11.5 Å². The average Bonchev–Trinajstić information content (AvgIpc) is 2.71. The van der Waals surface area contributed by atoms with Gasteiger partial charge < -0.3 is 15.2 Å². The molecule has 1 unspecified atom stereocenters. The molecule has 0 spiro atoms. The van der Waals surface area contributed by atoms with Crippen LogP contribution in [0, 0.1) is 0 Å². The predicted molar refractivity (Wildman–Crippen MR) is 79.5 cm³/mol. The topological polar surface area (TPSA) is 44.5 Å². The molecule has 0 aromatic heterocycles. The summed E-state index contributed by atoms with van der Waals surface area (Å²) < 4.78 is 11.3. The Hall–Kier alpha value is -1.71. The molecular formula is C16H16ClNO2. The fourth-order valence-electron chi connectivity index (χ4n) is 2.28. The third kappa shape index (κ3) is 2.60. The van der Waals surface area contributed by atoms with Crippen LogP contribution in [0.4, 0.5) is 0 Å². The lowest BCUT2D eigenvalue weighted by atomic mass is 9.99. The van der Waals surface area contributed by atoms with Crippen LogP contribution in [0.15, 0.2) is 42.5 Å². The predicted octanol–water partition coefficient (Wildman–Crippen LogP) is 3.55. The van der Waals surface area contributed by atoms with Crippen LogP contribution >= 0.6 is 11.6 Å². The molecule has 2 N–H and O–H groups in total. The van der Waals surface area contributed by atoms with Crippen LogP contribution in [-0.4, -0.2) is 13.2 Å². The van der Waals surface area contributed by atoms with Gasteiger partial charge in [-0.15, -0.1) is 0 Å². The fourth-order valence-corrected chi connectivity index (χ4v) is 2.55. The first-order valence-electron chi connectivity index (χ1n) is 6.65. The highest BCUT2D eigenvalue weighted by Gasteiger charge is 2.18. The Morgan fingerprint density at radius 1 is 1.00 bits per heavy atom. The van der Waals surface area contributed by atoms with Crippen LogP contribution in [0.2, 0.25) is 5.02 Å². The number of ether oxygens (including phenoxy) is 2. The molecule has 1 aliphatic rings. The molecule has 20 heavy (non-hydrogen) atoms. The maximum Gasteiger partial charge on any atom is 0.162 e. The number of hydrogen-bond acceptors (Lipinski definition) is 3. The molecular weight excluding hydrogens is 274 g/mol. The van der Waals surface area contributed by atoms with Crippen molar-refractivity contribution in [2.24, 2.45) is 5.73 Å². The Kier molecular flexibility index (Phi) is 3.81. The van der Waals surface area contributed by atoms with E-state index < -0.39 is 0 Å².